The van der Waals surface area contributed by atoms with E-state index in [-0.39, 0.29) is 11.4 Å². The highest BCUT2D eigenvalue weighted by molar-refractivity contribution is 7.89. The van der Waals surface area contributed by atoms with Crippen LogP contribution in [0.15, 0.2) is 41.4 Å². The molecular weight excluding hydrogens is 314 g/mol. The number of hydrogen-bond acceptors (Lipinski definition) is 5. The predicted molar refractivity (Wildman–Crippen MR) is 90.3 cm³/mol. The van der Waals surface area contributed by atoms with E-state index in [2.05, 4.69) is 9.71 Å². The molecular formula is C16H21N3O3S. The third-order valence-electron chi connectivity index (χ3n) is 3.41. The van der Waals surface area contributed by atoms with Crippen molar-refractivity contribution in [2.24, 2.45) is 0 Å². The number of pyridine rings is 1. The van der Waals surface area contributed by atoms with Gasteiger partial charge in [-0.2, -0.15) is 0 Å². The summed E-state index contributed by atoms with van der Waals surface area (Å²) in [4.78, 5) is 6.33. The molecule has 1 N–H and O–H groups in total. The molecule has 124 valence electrons. The van der Waals surface area contributed by atoms with Gasteiger partial charge in [0, 0.05) is 26.8 Å². The van der Waals surface area contributed by atoms with E-state index in [1.165, 1.54) is 0 Å². The molecule has 1 aromatic heterocycles. The summed E-state index contributed by atoms with van der Waals surface area (Å²) in [5, 5.41) is 0. The van der Waals surface area contributed by atoms with Crippen molar-refractivity contribution in [3.8, 4) is 5.75 Å². The first kappa shape index (κ1) is 17.2. The molecule has 0 unspecified atom stereocenters. The summed E-state index contributed by atoms with van der Waals surface area (Å²) in [6, 6.07) is 8.53. The van der Waals surface area contributed by atoms with Crippen LogP contribution in [-0.4, -0.2) is 34.6 Å². The number of aryl methyl sites for hydroxylation is 1. The van der Waals surface area contributed by atoms with E-state index >= 15 is 0 Å². The third-order valence-corrected chi connectivity index (χ3v) is 4.97. The first-order valence-electron chi connectivity index (χ1n) is 7.10. The molecule has 1 heterocycles. The van der Waals surface area contributed by atoms with Crippen molar-refractivity contribution in [1.82, 2.24) is 9.71 Å². The zero-order chi connectivity index (χ0) is 17.0. The highest BCUT2D eigenvalue weighted by Crippen LogP contribution is 2.21. The zero-order valence-electron chi connectivity index (χ0n) is 13.7. The van der Waals surface area contributed by atoms with Crippen LogP contribution < -0.4 is 14.4 Å². The summed E-state index contributed by atoms with van der Waals surface area (Å²) < 4.78 is 32.7. The van der Waals surface area contributed by atoms with Gasteiger partial charge < -0.3 is 9.64 Å². The van der Waals surface area contributed by atoms with Gasteiger partial charge in [-0.05, 0) is 48.4 Å². The molecule has 0 aliphatic carbocycles. The van der Waals surface area contributed by atoms with Crippen LogP contribution in [0.5, 0.6) is 5.75 Å². The lowest BCUT2D eigenvalue weighted by molar-refractivity contribution is 0.414. The van der Waals surface area contributed by atoms with E-state index < -0.39 is 10.0 Å². The Morgan fingerprint density at radius 1 is 1.22 bits per heavy atom. The molecule has 0 radical (unpaired) electrons. The Hall–Kier alpha value is -2.12. The number of benzene rings is 1. The van der Waals surface area contributed by atoms with E-state index in [1.54, 1.807) is 44.5 Å². The minimum Gasteiger partial charge on any atom is -0.497 e. The molecule has 1 aromatic carbocycles. The van der Waals surface area contributed by atoms with Crippen molar-refractivity contribution < 1.29 is 13.2 Å². The lowest BCUT2D eigenvalue weighted by Crippen LogP contribution is -2.24. The second-order valence-electron chi connectivity index (χ2n) is 5.37. The average Bonchev–Trinajstić information content (AvgIpc) is 2.53. The van der Waals surface area contributed by atoms with Gasteiger partial charge in [-0.3, -0.25) is 0 Å². The fourth-order valence-corrected chi connectivity index (χ4v) is 3.36. The number of ether oxygens (including phenoxy) is 1. The lowest BCUT2D eigenvalue weighted by Gasteiger charge is -2.13. The quantitative estimate of drug-likeness (QED) is 0.873. The van der Waals surface area contributed by atoms with Crippen molar-refractivity contribution in [3.05, 3.63) is 47.7 Å². The molecule has 0 amide bonds. The number of rotatable bonds is 6. The SMILES string of the molecule is COc1ccc(S(=O)(=O)NCc2ccnc(N(C)C)c2)c(C)c1. The van der Waals surface area contributed by atoms with Crippen LogP contribution in [0.25, 0.3) is 0 Å². The van der Waals surface area contributed by atoms with E-state index in [4.69, 9.17) is 4.74 Å². The van der Waals surface area contributed by atoms with Crippen molar-refractivity contribution in [2.45, 2.75) is 18.4 Å². The van der Waals surface area contributed by atoms with Crippen LogP contribution >= 0.6 is 0 Å². The van der Waals surface area contributed by atoms with Crippen LogP contribution in [0.1, 0.15) is 11.1 Å². The largest absolute Gasteiger partial charge is 0.497 e. The summed E-state index contributed by atoms with van der Waals surface area (Å²) in [5.74, 6) is 1.41. The molecule has 7 heteroatoms. The van der Waals surface area contributed by atoms with Gasteiger partial charge in [0.15, 0.2) is 0 Å². The maximum Gasteiger partial charge on any atom is 0.241 e. The molecule has 0 aliphatic rings. The molecule has 6 nitrogen and oxygen atoms in total. The average molecular weight is 335 g/mol. The molecule has 0 bridgehead atoms. The molecule has 0 spiro atoms. The van der Waals surface area contributed by atoms with Gasteiger partial charge in [0.25, 0.3) is 0 Å². The van der Waals surface area contributed by atoms with Gasteiger partial charge in [0.1, 0.15) is 11.6 Å². The van der Waals surface area contributed by atoms with E-state index in [9.17, 15) is 8.42 Å². The fourth-order valence-electron chi connectivity index (χ4n) is 2.12. The molecule has 0 saturated heterocycles. The van der Waals surface area contributed by atoms with Crippen LogP contribution in [0.2, 0.25) is 0 Å². The zero-order valence-corrected chi connectivity index (χ0v) is 14.5. The summed E-state index contributed by atoms with van der Waals surface area (Å²) in [6.07, 6.45) is 1.66. The first-order valence-corrected chi connectivity index (χ1v) is 8.58. The number of nitrogens with zero attached hydrogens (tertiary/aromatic N) is 2. The second-order valence-corrected chi connectivity index (χ2v) is 7.11. The number of aromatic nitrogens is 1. The lowest BCUT2D eigenvalue weighted by atomic mass is 10.2. The van der Waals surface area contributed by atoms with Gasteiger partial charge in [0.2, 0.25) is 10.0 Å². The number of nitrogens with one attached hydrogen (secondary N) is 1. The molecule has 2 rings (SSSR count). The molecule has 23 heavy (non-hydrogen) atoms. The Kier molecular flexibility index (Phi) is 5.23. The molecule has 0 saturated carbocycles. The predicted octanol–water partition coefficient (Wildman–Crippen LogP) is 1.94. The van der Waals surface area contributed by atoms with E-state index in [0.29, 0.717) is 11.3 Å². The topological polar surface area (TPSA) is 71.5 Å². The maximum atomic E-state index is 12.5. The van der Waals surface area contributed by atoms with Crippen molar-refractivity contribution >= 4 is 15.8 Å². The number of methoxy groups -OCH3 is 1. The highest BCUT2D eigenvalue weighted by Gasteiger charge is 2.17. The Balaban J connectivity index is 2.17. The van der Waals surface area contributed by atoms with Crippen LogP contribution in [-0.2, 0) is 16.6 Å². The number of sulfonamides is 1. The minimum atomic E-state index is -3.59. The maximum absolute atomic E-state index is 12.5. The standard InChI is InChI=1S/C16H21N3O3S/c1-12-9-14(22-4)5-6-15(12)23(20,21)18-11-13-7-8-17-16(10-13)19(2)3/h5-10,18H,11H2,1-4H3. The molecule has 0 aliphatic heterocycles. The molecule has 0 fully saturated rings. The Morgan fingerprint density at radius 3 is 2.57 bits per heavy atom. The van der Waals surface area contributed by atoms with E-state index in [0.717, 1.165) is 11.4 Å². The summed E-state index contributed by atoms with van der Waals surface area (Å²) in [7, 11) is 1.73. The summed E-state index contributed by atoms with van der Waals surface area (Å²) >= 11 is 0. The van der Waals surface area contributed by atoms with Crippen molar-refractivity contribution in [3.63, 3.8) is 0 Å². The normalized spacial score (nSPS) is 11.3. The smallest absolute Gasteiger partial charge is 0.241 e. The fraction of sp³-hybridized carbons (Fsp3) is 0.312. The van der Waals surface area contributed by atoms with Gasteiger partial charge in [0.05, 0.1) is 12.0 Å². The van der Waals surface area contributed by atoms with Crippen LogP contribution in [0.3, 0.4) is 0 Å². The van der Waals surface area contributed by atoms with Crippen LogP contribution in [0, 0.1) is 6.92 Å². The highest BCUT2D eigenvalue weighted by atomic mass is 32.2. The minimum absolute atomic E-state index is 0.206. The van der Waals surface area contributed by atoms with Gasteiger partial charge in [-0.15, -0.1) is 0 Å². The third kappa shape index (κ3) is 4.20. The van der Waals surface area contributed by atoms with Gasteiger partial charge in [-0.1, -0.05) is 0 Å². The molecule has 2 aromatic rings. The van der Waals surface area contributed by atoms with Crippen LogP contribution in [0.4, 0.5) is 5.82 Å². The summed E-state index contributed by atoms with van der Waals surface area (Å²) in [6.45, 7) is 1.95. The monoisotopic (exact) mass is 335 g/mol. The Morgan fingerprint density at radius 2 is 1.96 bits per heavy atom. The van der Waals surface area contributed by atoms with E-state index in [1.807, 2.05) is 25.1 Å². The number of hydrogen-bond donors (Lipinski definition) is 1. The Bertz CT molecular complexity index is 789. The Labute approximate surface area is 137 Å². The summed E-state index contributed by atoms with van der Waals surface area (Å²) in [5.41, 5.74) is 1.49. The second kappa shape index (κ2) is 6.97. The number of anilines is 1. The first-order chi connectivity index (χ1) is 10.8. The van der Waals surface area contributed by atoms with Crippen molar-refractivity contribution in [1.29, 1.82) is 0 Å². The molecule has 0 atom stereocenters. The van der Waals surface area contributed by atoms with Gasteiger partial charge in [-0.25, -0.2) is 18.1 Å². The van der Waals surface area contributed by atoms with Gasteiger partial charge >= 0.3 is 0 Å². The van der Waals surface area contributed by atoms with Crippen molar-refractivity contribution in [2.75, 3.05) is 26.1 Å².